The number of nitrogens with one attached hydrogen (secondary N) is 1. The van der Waals surface area contributed by atoms with Crippen molar-refractivity contribution in [3.63, 3.8) is 0 Å². The van der Waals surface area contributed by atoms with Crippen LogP contribution in [0.1, 0.15) is 36.8 Å². The average Bonchev–Trinajstić information content (AvgIpc) is 3.17. The Balaban J connectivity index is 1.95. The van der Waals surface area contributed by atoms with E-state index in [4.69, 9.17) is 4.42 Å². The molecule has 1 unspecified atom stereocenters. The van der Waals surface area contributed by atoms with E-state index in [9.17, 15) is 5.11 Å². The third-order valence-corrected chi connectivity index (χ3v) is 4.43. The summed E-state index contributed by atoms with van der Waals surface area (Å²) in [5.41, 5.74) is 3.16. The van der Waals surface area contributed by atoms with Crippen LogP contribution in [0.3, 0.4) is 0 Å². The highest BCUT2D eigenvalue weighted by Crippen LogP contribution is 2.29. The Morgan fingerprint density at radius 2 is 2.17 bits per heavy atom. The molecule has 0 amide bonds. The lowest BCUT2D eigenvalue weighted by Gasteiger charge is -2.12. The van der Waals surface area contributed by atoms with Gasteiger partial charge in [0.2, 0.25) is 0 Å². The average molecular weight is 328 g/mol. The van der Waals surface area contributed by atoms with Crippen molar-refractivity contribution < 1.29 is 9.52 Å². The van der Waals surface area contributed by atoms with Crippen molar-refractivity contribution in [1.82, 2.24) is 14.5 Å². The van der Waals surface area contributed by atoms with Crippen LogP contribution in [-0.2, 0) is 6.54 Å². The summed E-state index contributed by atoms with van der Waals surface area (Å²) in [7, 11) is 0. The second-order valence-electron chi connectivity index (χ2n) is 6.12. The number of aliphatic hydroxyl groups is 1. The summed E-state index contributed by atoms with van der Waals surface area (Å²) in [6, 6.07) is 3.85. The lowest BCUT2D eigenvalue weighted by Crippen LogP contribution is -2.19. The second-order valence-corrected chi connectivity index (χ2v) is 6.12. The molecule has 24 heavy (non-hydrogen) atoms. The molecule has 0 radical (unpaired) electrons. The third kappa shape index (κ3) is 3.14. The van der Waals surface area contributed by atoms with E-state index in [-0.39, 0.29) is 6.10 Å². The molecule has 0 bridgehead atoms. The molecular weight excluding hydrogens is 304 g/mol. The highest BCUT2D eigenvalue weighted by molar-refractivity contribution is 5.91. The van der Waals surface area contributed by atoms with Crippen LogP contribution in [0.4, 0.5) is 5.82 Å². The molecule has 0 aliphatic heterocycles. The largest absolute Gasteiger partial charge is 0.467 e. The first-order valence-electron chi connectivity index (χ1n) is 8.36. The SMILES string of the molecule is CCCC(O)CNc1ncnc2c1c(C)c(C)n2Cc1ccco1. The molecule has 3 heterocycles. The summed E-state index contributed by atoms with van der Waals surface area (Å²) >= 11 is 0. The number of anilines is 1. The molecule has 0 saturated heterocycles. The minimum Gasteiger partial charge on any atom is -0.467 e. The van der Waals surface area contributed by atoms with Crippen molar-refractivity contribution >= 4 is 16.9 Å². The summed E-state index contributed by atoms with van der Waals surface area (Å²) in [5.74, 6) is 1.66. The van der Waals surface area contributed by atoms with Crippen LogP contribution in [0, 0.1) is 13.8 Å². The van der Waals surface area contributed by atoms with Gasteiger partial charge in [0, 0.05) is 12.2 Å². The van der Waals surface area contributed by atoms with Crippen LogP contribution in [0.15, 0.2) is 29.1 Å². The van der Waals surface area contributed by atoms with Gasteiger partial charge >= 0.3 is 0 Å². The number of aromatic nitrogens is 3. The fourth-order valence-electron chi connectivity index (χ4n) is 3.00. The summed E-state index contributed by atoms with van der Waals surface area (Å²) in [6.45, 7) is 7.34. The molecule has 6 nitrogen and oxygen atoms in total. The number of aryl methyl sites for hydroxylation is 1. The molecule has 3 aromatic heterocycles. The number of hydrogen-bond donors (Lipinski definition) is 2. The van der Waals surface area contributed by atoms with Crippen LogP contribution in [0.25, 0.3) is 11.0 Å². The topological polar surface area (TPSA) is 76.1 Å². The highest BCUT2D eigenvalue weighted by atomic mass is 16.3. The van der Waals surface area contributed by atoms with E-state index in [1.807, 2.05) is 12.1 Å². The molecule has 3 aromatic rings. The second kappa shape index (κ2) is 7.05. The van der Waals surface area contributed by atoms with Gasteiger partial charge in [-0.1, -0.05) is 13.3 Å². The highest BCUT2D eigenvalue weighted by Gasteiger charge is 2.17. The quantitative estimate of drug-likeness (QED) is 0.696. The Morgan fingerprint density at radius 3 is 2.88 bits per heavy atom. The van der Waals surface area contributed by atoms with E-state index in [1.165, 1.54) is 0 Å². The minimum atomic E-state index is -0.369. The van der Waals surface area contributed by atoms with Crippen molar-refractivity contribution in [2.45, 2.75) is 46.3 Å². The zero-order valence-electron chi connectivity index (χ0n) is 14.4. The van der Waals surface area contributed by atoms with Gasteiger partial charge in [-0.25, -0.2) is 9.97 Å². The van der Waals surface area contributed by atoms with Crippen LogP contribution >= 0.6 is 0 Å². The zero-order chi connectivity index (χ0) is 17.1. The summed E-state index contributed by atoms with van der Waals surface area (Å²) in [6.07, 6.45) is 4.61. The van der Waals surface area contributed by atoms with Gasteiger partial charge in [0.15, 0.2) is 0 Å². The lowest BCUT2D eigenvalue weighted by atomic mass is 10.2. The molecule has 3 rings (SSSR count). The fraction of sp³-hybridized carbons (Fsp3) is 0.444. The molecule has 128 valence electrons. The first-order chi connectivity index (χ1) is 11.6. The first kappa shape index (κ1) is 16.5. The van der Waals surface area contributed by atoms with Gasteiger partial charge in [0.25, 0.3) is 0 Å². The van der Waals surface area contributed by atoms with Gasteiger partial charge in [-0.2, -0.15) is 0 Å². The number of nitrogens with zero attached hydrogens (tertiary/aromatic N) is 3. The molecule has 1 atom stereocenters. The first-order valence-corrected chi connectivity index (χ1v) is 8.36. The van der Waals surface area contributed by atoms with Crippen molar-refractivity contribution in [3.8, 4) is 0 Å². The van der Waals surface area contributed by atoms with Gasteiger partial charge < -0.3 is 19.4 Å². The van der Waals surface area contributed by atoms with Crippen molar-refractivity contribution in [2.24, 2.45) is 0 Å². The summed E-state index contributed by atoms with van der Waals surface area (Å²) in [4.78, 5) is 8.86. The number of hydrogen-bond acceptors (Lipinski definition) is 5. The Labute approximate surface area is 141 Å². The van der Waals surface area contributed by atoms with Gasteiger partial charge in [-0.3, -0.25) is 0 Å². The van der Waals surface area contributed by atoms with Gasteiger partial charge in [-0.05, 0) is 38.0 Å². The van der Waals surface area contributed by atoms with Gasteiger partial charge in [0.1, 0.15) is 23.6 Å². The molecule has 0 spiro atoms. The zero-order valence-corrected chi connectivity index (χ0v) is 14.4. The molecular formula is C18H24N4O2. The normalized spacial score (nSPS) is 12.7. The summed E-state index contributed by atoms with van der Waals surface area (Å²) in [5, 5.41) is 14.2. The standard InChI is InChI=1S/C18H24N4O2/c1-4-6-14(23)9-19-17-16-12(2)13(3)22(18(16)21-11-20-17)10-15-7-5-8-24-15/h5,7-8,11,14,23H,4,6,9-10H2,1-3H3,(H,19,20,21). The monoisotopic (exact) mass is 328 g/mol. The van der Waals surface area contributed by atoms with Crippen molar-refractivity contribution in [3.05, 3.63) is 41.7 Å². The minimum absolute atomic E-state index is 0.369. The van der Waals surface area contributed by atoms with E-state index in [1.54, 1.807) is 12.6 Å². The van der Waals surface area contributed by atoms with Crippen LogP contribution < -0.4 is 5.32 Å². The Bertz CT molecular complexity index is 808. The predicted octanol–water partition coefficient (Wildman–Crippen LogP) is 3.26. The third-order valence-electron chi connectivity index (χ3n) is 4.43. The Hall–Kier alpha value is -2.34. The maximum absolute atomic E-state index is 9.96. The molecule has 6 heteroatoms. The van der Waals surface area contributed by atoms with Gasteiger partial charge in [-0.15, -0.1) is 0 Å². The van der Waals surface area contributed by atoms with Gasteiger partial charge in [0.05, 0.1) is 24.3 Å². The van der Waals surface area contributed by atoms with E-state index in [0.717, 1.165) is 46.7 Å². The molecule has 0 aromatic carbocycles. The van der Waals surface area contributed by atoms with Crippen LogP contribution in [0.2, 0.25) is 0 Å². The fourth-order valence-corrected chi connectivity index (χ4v) is 3.00. The number of fused-ring (bicyclic) bond motifs is 1. The Kier molecular flexibility index (Phi) is 4.85. The van der Waals surface area contributed by atoms with E-state index in [2.05, 4.69) is 40.6 Å². The molecule has 2 N–H and O–H groups in total. The van der Waals surface area contributed by atoms with Crippen molar-refractivity contribution in [1.29, 1.82) is 0 Å². The molecule has 0 fully saturated rings. The smallest absolute Gasteiger partial charge is 0.146 e. The Morgan fingerprint density at radius 1 is 1.33 bits per heavy atom. The number of rotatable bonds is 7. The van der Waals surface area contributed by atoms with E-state index >= 15 is 0 Å². The summed E-state index contributed by atoms with van der Waals surface area (Å²) < 4.78 is 7.61. The molecule has 0 aliphatic carbocycles. The van der Waals surface area contributed by atoms with Crippen LogP contribution in [0.5, 0.6) is 0 Å². The maximum atomic E-state index is 9.96. The van der Waals surface area contributed by atoms with E-state index in [0.29, 0.717) is 13.1 Å². The number of aliphatic hydroxyl groups excluding tert-OH is 1. The molecule has 0 aliphatic rings. The predicted molar refractivity (Wildman–Crippen MR) is 94.2 cm³/mol. The maximum Gasteiger partial charge on any atom is 0.146 e. The lowest BCUT2D eigenvalue weighted by molar-refractivity contribution is 0.176. The molecule has 0 saturated carbocycles. The van der Waals surface area contributed by atoms with Crippen LogP contribution in [-0.4, -0.2) is 32.3 Å². The van der Waals surface area contributed by atoms with Crippen molar-refractivity contribution in [2.75, 3.05) is 11.9 Å². The number of furan rings is 1. The van der Waals surface area contributed by atoms with E-state index < -0.39 is 0 Å².